The number of hydrogen-bond donors (Lipinski definition) is 3. The zero-order chi connectivity index (χ0) is 18.6. The predicted octanol–water partition coefficient (Wildman–Crippen LogP) is 3.62. The highest BCUT2D eigenvalue weighted by Crippen LogP contribution is 2.31. The Balaban J connectivity index is 1.42. The number of piperidine rings is 1. The van der Waals surface area contributed by atoms with Crippen molar-refractivity contribution in [3.63, 3.8) is 0 Å². The Bertz CT molecular complexity index is 918. The molecule has 2 aromatic heterocycles. The molecule has 0 amide bonds. The zero-order valence-corrected chi connectivity index (χ0v) is 16.4. The number of nitrogens with zero attached hydrogens (tertiary/aromatic N) is 4. The number of benzene rings is 1. The van der Waals surface area contributed by atoms with E-state index in [0.717, 1.165) is 28.4 Å². The Morgan fingerprint density at radius 1 is 1.15 bits per heavy atom. The Morgan fingerprint density at radius 2 is 1.96 bits per heavy atom. The van der Waals surface area contributed by atoms with E-state index in [1.165, 1.54) is 44.2 Å². The monoisotopic (exact) mass is 383 g/mol. The minimum atomic E-state index is 0.520. The molecule has 3 heterocycles. The van der Waals surface area contributed by atoms with Gasteiger partial charge >= 0.3 is 0 Å². The molecule has 8 heteroatoms. The minimum absolute atomic E-state index is 0.520. The highest BCUT2D eigenvalue weighted by molar-refractivity contribution is 7.22. The highest BCUT2D eigenvalue weighted by Gasteiger charge is 2.12. The molecule has 0 bridgehead atoms. The van der Waals surface area contributed by atoms with E-state index in [9.17, 15) is 0 Å². The van der Waals surface area contributed by atoms with E-state index < -0.39 is 0 Å². The lowest BCUT2D eigenvalue weighted by atomic mass is 10.1. The normalized spacial score (nSPS) is 15.1. The van der Waals surface area contributed by atoms with Gasteiger partial charge in [0.2, 0.25) is 0 Å². The third kappa shape index (κ3) is 4.28. The van der Waals surface area contributed by atoms with Crippen LogP contribution in [0.5, 0.6) is 0 Å². The maximum Gasteiger partial charge on any atom is 0.189 e. The third-order valence-electron chi connectivity index (χ3n) is 4.82. The van der Waals surface area contributed by atoms with Crippen LogP contribution in [0.15, 0.2) is 24.5 Å². The van der Waals surface area contributed by atoms with E-state index in [1.807, 2.05) is 6.07 Å². The van der Waals surface area contributed by atoms with E-state index in [-0.39, 0.29) is 0 Å². The van der Waals surface area contributed by atoms with Crippen LogP contribution in [0.1, 0.15) is 24.8 Å². The van der Waals surface area contributed by atoms with Gasteiger partial charge in [0.1, 0.15) is 12.0 Å². The number of rotatable bonds is 6. The molecule has 27 heavy (non-hydrogen) atoms. The van der Waals surface area contributed by atoms with E-state index in [1.54, 1.807) is 11.3 Å². The molecule has 3 aromatic rings. The van der Waals surface area contributed by atoms with E-state index in [2.05, 4.69) is 49.5 Å². The predicted molar refractivity (Wildman–Crippen MR) is 113 cm³/mol. The van der Waals surface area contributed by atoms with Gasteiger partial charge < -0.3 is 21.3 Å². The fourth-order valence-electron chi connectivity index (χ4n) is 3.34. The molecule has 4 N–H and O–H groups in total. The summed E-state index contributed by atoms with van der Waals surface area (Å²) in [6.07, 6.45) is 5.47. The van der Waals surface area contributed by atoms with Gasteiger partial charge in [0, 0.05) is 13.1 Å². The van der Waals surface area contributed by atoms with Crippen molar-refractivity contribution < 1.29 is 0 Å². The Morgan fingerprint density at radius 3 is 2.81 bits per heavy atom. The maximum atomic E-state index is 6.28. The lowest BCUT2D eigenvalue weighted by Crippen LogP contribution is -2.33. The summed E-state index contributed by atoms with van der Waals surface area (Å²) in [5, 5.41) is 7.37. The van der Waals surface area contributed by atoms with Gasteiger partial charge in [-0.15, -0.1) is 0 Å². The molecule has 4 rings (SSSR count). The first-order valence-corrected chi connectivity index (χ1v) is 10.2. The third-order valence-corrected chi connectivity index (χ3v) is 5.76. The van der Waals surface area contributed by atoms with Crippen LogP contribution in [-0.4, -0.2) is 46.0 Å². The van der Waals surface area contributed by atoms with Crippen LogP contribution in [-0.2, 0) is 0 Å². The summed E-state index contributed by atoms with van der Waals surface area (Å²) in [6.45, 7) is 6.27. The fourth-order valence-corrected chi connectivity index (χ4v) is 4.30. The van der Waals surface area contributed by atoms with Crippen LogP contribution in [0.2, 0.25) is 0 Å². The summed E-state index contributed by atoms with van der Waals surface area (Å²) in [4.78, 5) is 15.7. The van der Waals surface area contributed by atoms with E-state index in [4.69, 9.17) is 5.73 Å². The SMILES string of the molecule is Cc1ccc2nc(Nc3ncnc(NCCN4CCCCC4)c3N)sc2c1. The molecule has 142 valence electrons. The van der Waals surface area contributed by atoms with Crippen molar-refractivity contribution in [2.45, 2.75) is 26.2 Å². The number of hydrogen-bond acceptors (Lipinski definition) is 8. The van der Waals surface area contributed by atoms with E-state index in [0.29, 0.717) is 17.3 Å². The molecule has 1 aromatic carbocycles. The van der Waals surface area contributed by atoms with Crippen LogP contribution < -0.4 is 16.4 Å². The molecular weight excluding hydrogens is 358 g/mol. The van der Waals surface area contributed by atoms with Gasteiger partial charge in [0.05, 0.1) is 10.2 Å². The van der Waals surface area contributed by atoms with Gasteiger partial charge in [-0.1, -0.05) is 23.8 Å². The number of aromatic nitrogens is 3. The molecule has 0 saturated carbocycles. The largest absolute Gasteiger partial charge is 0.393 e. The molecule has 1 aliphatic heterocycles. The summed E-state index contributed by atoms with van der Waals surface area (Å²) in [5.41, 5.74) is 9.00. The summed E-state index contributed by atoms with van der Waals surface area (Å²) in [6, 6.07) is 6.23. The van der Waals surface area contributed by atoms with Crippen molar-refractivity contribution in [1.82, 2.24) is 19.9 Å². The molecule has 0 radical (unpaired) electrons. The van der Waals surface area contributed by atoms with Gasteiger partial charge in [-0.3, -0.25) is 0 Å². The van der Waals surface area contributed by atoms with Gasteiger partial charge in [0.25, 0.3) is 0 Å². The smallest absolute Gasteiger partial charge is 0.189 e. The van der Waals surface area contributed by atoms with Gasteiger partial charge in [0.15, 0.2) is 16.8 Å². The second kappa shape index (κ2) is 8.06. The van der Waals surface area contributed by atoms with Crippen LogP contribution in [0.3, 0.4) is 0 Å². The molecule has 7 nitrogen and oxygen atoms in total. The number of likely N-dealkylation sites (tertiary alicyclic amines) is 1. The first-order chi connectivity index (χ1) is 13.2. The molecule has 1 fully saturated rings. The van der Waals surface area contributed by atoms with Gasteiger partial charge in [-0.2, -0.15) is 0 Å². The Labute approximate surface area is 163 Å². The summed E-state index contributed by atoms with van der Waals surface area (Å²) in [7, 11) is 0. The molecule has 1 saturated heterocycles. The van der Waals surface area contributed by atoms with Crippen molar-refractivity contribution in [2.75, 3.05) is 42.5 Å². The number of nitrogens with one attached hydrogen (secondary N) is 2. The quantitative estimate of drug-likeness (QED) is 0.599. The number of fused-ring (bicyclic) bond motifs is 1. The number of nitrogens with two attached hydrogens (primary N) is 1. The molecule has 0 atom stereocenters. The molecular formula is C19H25N7S. The lowest BCUT2D eigenvalue weighted by Gasteiger charge is -2.26. The molecule has 1 aliphatic rings. The van der Waals surface area contributed by atoms with Gasteiger partial charge in [-0.05, 0) is 50.6 Å². The Kier molecular flexibility index (Phi) is 5.35. The van der Waals surface area contributed by atoms with Crippen molar-refractivity contribution in [2.24, 2.45) is 0 Å². The second-order valence-corrected chi connectivity index (χ2v) is 7.96. The first-order valence-electron chi connectivity index (χ1n) is 9.40. The maximum absolute atomic E-state index is 6.28. The molecule has 0 aliphatic carbocycles. The van der Waals surface area contributed by atoms with Crippen molar-refractivity contribution in [3.05, 3.63) is 30.1 Å². The van der Waals surface area contributed by atoms with Crippen LogP contribution >= 0.6 is 11.3 Å². The number of thiazole rings is 1. The second-order valence-electron chi connectivity index (χ2n) is 6.93. The first kappa shape index (κ1) is 17.9. The summed E-state index contributed by atoms with van der Waals surface area (Å²) >= 11 is 1.59. The average Bonchev–Trinajstić information content (AvgIpc) is 3.07. The zero-order valence-electron chi connectivity index (χ0n) is 15.5. The van der Waals surface area contributed by atoms with Crippen molar-refractivity contribution in [1.29, 1.82) is 0 Å². The van der Waals surface area contributed by atoms with Crippen molar-refractivity contribution >= 4 is 44.0 Å². The van der Waals surface area contributed by atoms with Crippen molar-refractivity contribution in [3.8, 4) is 0 Å². The van der Waals surface area contributed by atoms with Crippen LogP contribution in [0.25, 0.3) is 10.2 Å². The van der Waals surface area contributed by atoms with Crippen LogP contribution in [0, 0.1) is 6.92 Å². The average molecular weight is 384 g/mol. The highest BCUT2D eigenvalue weighted by atomic mass is 32.1. The molecule has 0 spiro atoms. The number of anilines is 4. The van der Waals surface area contributed by atoms with Crippen LogP contribution in [0.4, 0.5) is 22.5 Å². The summed E-state index contributed by atoms with van der Waals surface area (Å²) in [5.74, 6) is 1.25. The fraction of sp³-hybridized carbons (Fsp3) is 0.421. The van der Waals surface area contributed by atoms with E-state index >= 15 is 0 Å². The minimum Gasteiger partial charge on any atom is -0.393 e. The topological polar surface area (TPSA) is 92.0 Å². The lowest BCUT2D eigenvalue weighted by molar-refractivity contribution is 0.237. The standard InChI is InChI=1S/C19H25N7S/c1-13-5-6-14-15(11-13)27-19(24-14)25-18-16(20)17(22-12-23-18)21-7-10-26-8-3-2-4-9-26/h5-6,11-12H,2-4,7-10,20H2,1H3,(H2,21,22,23,24,25). The van der Waals surface area contributed by atoms with Gasteiger partial charge in [-0.25, -0.2) is 15.0 Å². The Hall–Kier alpha value is -2.45. The number of aryl methyl sites for hydroxylation is 1. The molecule has 0 unspecified atom stereocenters. The summed E-state index contributed by atoms with van der Waals surface area (Å²) < 4.78 is 1.14. The number of nitrogen functional groups attached to an aromatic ring is 1.